The molecular formula is C18H29N4OS+. The van der Waals surface area contributed by atoms with Gasteiger partial charge in [-0.1, -0.05) is 27.7 Å². The summed E-state index contributed by atoms with van der Waals surface area (Å²) in [7, 11) is 0. The summed E-state index contributed by atoms with van der Waals surface area (Å²) in [6.45, 7) is 15.6. The summed E-state index contributed by atoms with van der Waals surface area (Å²) in [6.07, 6.45) is 2.83. The molecule has 0 bridgehead atoms. The van der Waals surface area contributed by atoms with Crippen LogP contribution < -0.4 is 4.90 Å². The lowest BCUT2D eigenvalue weighted by molar-refractivity contribution is -0.918. The number of nitrogens with zero attached hydrogens (tertiary/aromatic N) is 3. The van der Waals surface area contributed by atoms with Crippen molar-refractivity contribution in [3.05, 3.63) is 22.5 Å². The van der Waals surface area contributed by atoms with E-state index in [0.29, 0.717) is 6.42 Å². The van der Waals surface area contributed by atoms with Crippen molar-refractivity contribution in [2.45, 2.75) is 53.0 Å². The smallest absolute Gasteiger partial charge is 0.222 e. The highest BCUT2D eigenvalue weighted by atomic mass is 32.1. The van der Waals surface area contributed by atoms with Crippen LogP contribution in [0.3, 0.4) is 0 Å². The lowest BCUT2D eigenvalue weighted by Gasteiger charge is -2.32. The maximum Gasteiger partial charge on any atom is 0.222 e. The first-order valence-electron chi connectivity index (χ1n) is 8.88. The van der Waals surface area contributed by atoms with E-state index in [2.05, 4.69) is 38.3 Å². The summed E-state index contributed by atoms with van der Waals surface area (Å²) in [5, 5.41) is 0. The van der Waals surface area contributed by atoms with Crippen LogP contribution in [0.5, 0.6) is 0 Å². The molecule has 1 saturated heterocycles. The van der Waals surface area contributed by atoms with E-state index in [-0.39, 0.29) is 11.3 Å². The van der Waals surface area contributed by atoms with E-state index in [0.717, 1.165) is 37.7 Å². The van der Waals surface area contributed by atoms with Gasteiger partial charge in [-0.25, -0.2) is 4.98 Å². The number of hydrogen-bond donors (Lipinski definition) is 1. The largest absolute Gasteiger partial charge is 0.331 e. The van der Waals surface area contributed by atoms with Gasteiger partial charge < -0.3 is 9.80 Å². The van der Waals surface area contributed by atoms with E-state index in [1.165, 1.54) is 16.3 Å². The fourth-order valence-corrected chi connectivity index (χ4v) is 4.32. The van der Waals surface area contributed by atoms with Gasteiger partial charge in [-0.15, -0.1) is 11.3 Å². The Kier molecular flexibility index (Phi) is 4.71. The Morgan fingerprint density at radius 1 is 1.33 bits per heavy atom. The molecule has 132 valence electrons. The lowest BCUT2D eigenvalue weighted by Crippen LogP contribution is -3.13. The summed E-state index contributed by atoms with van der Waals surface area (Å²) >= 11 is 1.76. The fraction of sp³-hybridized carbons (Fsp3) is 0.667. The van der Waals surface area contributed by atoms with Crippen molar-refractivity contribution >= 4 is 22.2 Å². The Morgan fingerprint density at radius 3 is 2.58 bits per heavy atom. The molecule has 1 fully saturated rings. The molecule has 0 unspecified atom stereocenters. The van der Waals surface area contributed by atoms with Crippen LogP contribution in [0.15, 0.2) is 6.20 Å². The first-order valence-corrected chi connectivity index (χ1v) is 9.70. The van der Waals surface area contributed by atoms with Crippen molar-refractivity contribution in [1.29, 1.82) is 0 Å². The predicted molar refractivity (Wildman–Crippen MR) is 97.8 cm³/mol. The van der Waals surface area contributed by atoms with Gasteiger partial charge in [-0.2, -0.15) is 0 Å². The molecule has 2 aromatic rings. The molecule has 0 atom stereocenters. The Balaban J connectivity index is 1.81. The van der Waals surface area contributed by atoms with Crippen molar-refractivity contribution in [2.24, 2.45) is 0 Å². The van der Waals surface area contributed by atoms with Crippen LogP contribution in [0.25, 0.3) is 4.96 Å². The van der Waals surface area contributed by atoms with E-state index in [1.807, 2.05) is 11.8 Å². The molecule has 5 nitrogen and oxygen atoms in total. The number of quaternary nitrogens is 1. The van der Waals surface area contributed by atoms with Crippen LogP contribution in [0.2, 0.25) is 0 Å². The highest BCUT2D eigenvalue weighted by Crippen LogP contribution is 2.29. The number of aryl methyl sites for hydroxylation is 1. The molecule has 0 aliphatic carbocycles. The minimum absolute atomic E-state index is 0.0500. The molecule has 24 heavy (non-hydrogen) atoms. The fourth-order valence-electron chi connectivity index (χ4n) is 3.48. The number of fused-ring (bicyclic) bond motifs is 1. The van der Waals surface area contributed by atoms with E-state index in [9.17, 15) is 4.79 Å². The molecule has 1 aliphatic heterocycles. The molecular weight excluding hydrogens is 320 g/mol. The molecule has 0 saturated carbocycles. The third kappa shape index (κ3) is 3.35. The highest BCUT2D eigenvalue weighted by Gasteiger charge is 2.29. The molecule has 0 radical (unpaired) electrons. The number of imidazole rings is 1. The zero-order valence-corrected chi connectivity index (χ0v) is 16.3. The van der Waals surface area contributed by atoms with Crippen molar-refractivity contribution in [2.75, 3.05) is 26.2 Å². The maximum atomic E-state index is 11.9. The Morgan fingerprint density at radius 2 is 2.00 bits per heavy atom. The van der Waals surface area contributed by atoms with Gasteiger partial charge in [0.05, 0.1) is 31.9 Å². The van der Waals surface area contributed by atoms with Gasteiger partial charge >= 0.3 is 0 Å². The predicted octanol–water partition coefficient (Wildman–Crippen LogP) is 1.64. The molecule has 6 heteroatoms. The number of thiazole rings is 1. The van der Waals surface area contributed by atoms with Crippen LogP contribution in [-0.2, 0) is 16.8 Å². The minimum Gasteiger partial charge on any atom is -0.331 e. The summed E-state index contributed by atoms with van der Waals surface area (Å²) in [6, 6.07) is 0. The Hall–Kier alpha value is -1.40. The molecule has 1 amide bonds. The van der Waals surface area contributed by atoms with Gasteiger partial charge in [-0.05, 0) is 6.92 Å². The summed E-state index contributed by atoms with van der Waals surface area (Å²) in [5.74, 6) is 0.282. The zero-order chi connectivity index (χ0) is 17.5. The number of nitrogens with one attached hydrogen (secondary N) is 1. The van der Waals surface area contributed by atoms with E-state index in [1.54, 1.807) is 16.2 Å². The first kappa shape index (κ1) is 17.4. The van der Waals surface area contributed by atoms with E-state index < -0.39 is 0 Å². The van der Waals surface area contributed by atoms with Gasteiger partial charge in [0.15, 0.2) is 4.96 Å². The summed E-state index contributed by atoms with van der Waals surface area (Å²) in [4.78, 5) is 22.7. The SMILES string of the molecule is CCC(=O)N1CC[NH+](Cc2c(C(C)(C)C)nc3sc(C)cn23)CC1. The molecule has 0 aromatic carbocycles. The number of amides is 1. The average Bonchev–Trinajstić information content (AvgIpc) is 3.04. The number of rotatable bonds is 3. The third-order valence-corrected chi connectivity index (χ3v) is 5.69. The molecule has 3 rings (SSSR count). The lowest BCUT2D eigenvalue weighted by atomic mass is 9.90. The first-order chi connectivity index (χ1) is 11.3. The summed E-state index contributed by atoms with van der Waals surface area (Å²) in [5.41, 5.74) is 2.61. The number of aromatic nitrogens is 2. The van der Waals surface area contributed by atoms with Gasteiger partial charge in [0.2, 0.25) is 5.91 Å². The van der Waals surface area contributed by atoms with E-state index in [4.69, 9.17) is 4.98 Å². The normalized spacial score (nSPS) is 17.0. The van der Waals surface area contributed by atoms with Crippen LogP contribution in [0, 0.1) is 6.92 Å². The minimum atomic E-state index is 0.0500. The van der Waals surface area contributed by atoms with Crippen molar-refractivity contribution in [1.82, 2.24) is 14.3 Å². The highest BCUT2D eigenvalue weighted by molar-refractivity contribution is 7.17. The number of carbonyl (C=O) groups excluding carboxylic acids is 1. The number of carbonyl (C=O) groups is 1. The molecule has 2 aromatic heterocycles. The number of piperazine rings is 1. The second kappa shape index (κ2) is 6.48. The molecule has 3 heterocycles. The maximum absolute atomic E-state index is 11.9. The average molecular weight is 350 g/mol. The second-order valence-electron chi connectivity index (χ2n) is 7.81. The third-order valence-electron chi connectivity index (χ3n) is 4.79. The second-order valence-corrected chi connectivity index (χ2v) is 9.03. The van der Waals surface area contributed by atoms with Crippen LogP contribution in [0.1, 0.15) is 50.4 Å². The van der Waals surface area contributed by atoms with Crippen LogP contribution in [-0.4, -0.2) is 46.4 Å². The van der Waals surface area contributed by atoms with Gasteiger partial charge in [0.1, 0.15) is 12.2 Å². The van der Waals surface area contributed by atoms with Gasteiger partial charge in [0.25, 0.3) is 0 Å². The van der Waals surface area contributed by atoms with Crippen LogP contribution >= 0.6 is 11.3 Å². The molecule has 0 spiro atoms. The van der Waals surface area contributed by atoms with Crippen molar-refractivity contribution in [3.8, 4) is 0 Å². The standard InChI is InChI=1S/C18H28N4OS/c1-6-15(23)21-9-7-20(8-10-21)12-14-16(18(3,4)5)19-17-22(14)11-13(2)24-17/h11H,6-10,12H2,1-5H3/p+1. The van der Waals surface area contributed by atoms with Crippen molar-refractivity contribution < 1.29 is 9.69 Å². The van der Waals surface area contributed by atoms with Gasteiger partial charge in [0, 0.05) is 22.9 Å². The monoisotopic (exact) mass is 349 g/mol. The zero-order valence-electron chi connectivity index (χ0n) is 15.5. The Bertz CT molecular complexity index is 732. The molecule has 1 aliphatic rings. The molecule has 1 N–H and O–H groups in total. The topological polar surface area (TPSA) is 42.0 Å². The van der Waals surface area contributed by atoms with E-state index >= 15 is 0 Å². The van der Waals surface area contributed by atoms with Crippen molar-refractivity contribution in [3.63, 3.8) is 0 Å². The van der Waals surface area contributed by atoms with Gasteiger partial charge in [-0.3, -0.25) is 9.20 Å². The summed E-state index contributed by atoms with van der Waals surface area (Å²) < 4.78 is 2.29. The van der Waals surface area contributed by atoms with Crippen LogP contribution in [0.4, 0.5) is 0 Å². The quantitative estimate of drug-likeness (QED) is 0.915. The number of hydrogen-bond acceptors (Lipinski definition) is 3. The Labute approximate surface area is 148 Å².